The predicted molar refractivity (Wildman–Crippen MR) is 60.4 cm³/mol. The number of ether oxygens (including phenoxy) is 1. The van der Waals surface area contributed by atoms with E-state index in [2.05, 4.69) is 25.2 Å². The first kappa shape index (κ1) is 12.5. The molecule has 1 rings (SSSR count). The predicted octanol–water partition coefficient (Wildman–Crippen LogP) is 2.08. The van der Waals surface area contributed by atoms with Crippen LogP contribution in [0.2, 0.25) is 0 Å². The van der Waals surface area contributed by atoms with Crippen LogP contribution in [0.5, 0.6) is 0 Å². The second-order valence-electron chi connectivity index (χ2n) is 5.10. The molecule has 1 N–H and O–H groups in total. The summed E-state index contributed by atoms with van der Waals surface area (Å²) in [6, 6.07) is 2.85. The molecule has 0 radical (unpaired) electrons. The Kier molecular flexibility index (Phi) is 4.56. The first-order valence-electron chi connectivity index (χ1n) is 5.82. The fourth-order valence-electron chi connectivity index (χ4n) is 1.38. The van der Waals surface area contributed by atoms with E-state index >= 15 is 0 Å². The zero-order chi connectivity index (χ0) is 11.3. The van der Waals surface area contributed by atoms with Crippen molar-refractivity contribution in [2.75, 3.05) is 13.2 Å². The van der Waals surface area contributed by atoms with Crippen molar-refractivity contribution in [3.63, 3.8) is 0 Å². The summed E-state index contributed by atoms with van der Waals surface area (Å²) < 4.78 is 5.54. The van der Waals surface area contributed by atoms with Crippen molar-refractivity contribution in [2.45, 2.75) is 51.6 Å². The van der Waals surface area contributed by atoms with E-state index in [4.69, 9.17) is 10.00 Å². The van der Waals surface area contributed by atoms with Gasteiger partial charge in [0.15, 0.2) is 0 Å². The normalized spacial score (nSPS) is 19.9. The molecule has 0 aromatic heterocycles. The lowest BCUT2D eigenvalue weighted by Gasteiger charge is -2.23. The molecule has 1 fully saturated rings. The lowest BCUT2D eigenvalue weighted by molar-refractivity contribution is 0.0868. The molecule has 0 saturated heterocycles. The Hall–Kier alpha value is -0.590. The smallest absolute Gasteiger partial charge is 0.127 e. The van der Waals surface area contributed by atoms with Crippen molar-refractivity contribution in [3.05, 3.63) is 0 Å². The highest BCUT2D eigenvalue weighted by atomic mass is 16.5. The molecule has 0 aromatic carbocycles. The van der Waals surface area contributed by atoms with E-state index in [1.165, 1.54) is 12.8 Å². The SMILES string of the molecule is CC(C)CCOCC(C)(C#N)NC1CC1. The van der Waals surface area contributed by atoms with Crippen LogP contribution in [0.4, 0.5) is 0 Å². The zero-order valence-electron chi connectivity index (χ0n) is 10.0. The van der Waals surface area contributed by atoms with Gasteiger partial charge >= 0.3 is 0 Å². The molecular formula is C12H22N2O. The Morgan fingerprint density at radius 2 is 2.20 bits per heavy atom. The molecule has 15 heavy (non-hydrogen) atoms. The van der Waals surface area contributed by atoms with Gasteiger partial charge in [0, 0.05) is 12.6 Å². The molecule has 3 nitrogen and oxygen atoms in total. The summed E-state index contributed by atoms with van der Waals surface area (Å²) >= 11 is 0. The molecule has 1 saturated carbocycles. The number of nitrogens with one attached hydrogen (secondary N) is 1. The molecule has 0 amide bonds. The Balaban J connectivity index is 2.17. The van der Waals surface area contributed by atoms with Crippen molar-refractivity contribution >= 4 is 0 Å². The minimum absolute atomic E-state index is 0.493. The van der Waals surface area contributed by atoms with Gasteiger partial charge in [-0.15, -0.1) is 0 Å². The van der Waals surface area contributed by atoms with Crippen LogP contribution in [-0.4, -0.2) is 24.8 Å². The summed E-state index contributed by atoms with van der Waals surface area (Å²) in [7, 11) is 0. The first-order chi connectivity index (χ1) is 7.06. The van der Waals surface area contributed by atoms with Crippen LogP contribution in [0.25, 0.3) is 0 Å². The topological polar surface area (TPSA) is 45.0 Å². The third-order valence-corrected chi connectivity index (χ3v) is 2.58. The molecule has 1 unspecified atom stereocenters. The number of hydrogen-bond acceptors (Lipinski definition) is 3. The van der Waals surface area contributed by atoms with Crippen molar-refractivity contribution < 1.29 is 4.74 Å². The summed E-state index contributed by atoms with van der Waals surface area (Å²) in [5.74, 6) is 0.662. The van der Waals surface area contributed by atoms with Gasteiger partial charge in [-0.05, 0) is 32.1 Å². The Morgan fingerprint density at radius 3 is 2.67 bits per heavy atom. The lowest BCUT2D eigenvalue weighted by atomic mass is 10.1. The van der Waals surface area contributed by atoms with Gasteiger partial charge in [-0.2, -0.15) is 5.26 Å². The minimum atomic E-state index is -0.502. The van der Waals surface area contributed by atoms with E-state index in [9.17, 15) is 0 Å². The molecule has 0 spiro atoms. The largest absolute Gasteiger partial charge is 0.378 e. The number of hydrogen-bond donors (Lipinski definition) is 1. The van der Waals surface area contributed by atoms with E-state index in [1.54, 1.807) is 0 Å². The Bertz CT molecular complexity index is 230. The molecule has 0 bridgehead atoms. The molecule has 1 aliphatic carbocycles. The monoisotopic (exact) mass is 210 g/mol. The van der Waals surface area contributed by atoms with Gasteiger partial charge in [-0.25, -0.2) is 0 Å². The maximum atomic E-state index is 9.08. The van der Waals surface area contributed by atoms with Gasteiger partial charge in [-0.3, -0.25) is 5.32 Å². The summed E-state index contributed by atoms with van der Waals surface area (Å²) in [5.41, 5.74) is -0.502. The summed E-state index contributed by atoms with van der Waals surface area (Å²) in [6.45, 7) is 7.51. The van der Waals surface area contributed by atoms with Gasteiger partial charge in [0.1, 0.15) is 5.54 Å². The van der Waals surface area contributed by atoms with Crippen LogP contribution in [0, 0.1) is 17.2 Å². The highest BCUT2D eigenvalue weighted by molar-refractivity contribution is 5.07. The van der Waals surface area contributed by atoms with Crippen LogP contribution >= 0.6 is 0 Å². The number of nitriles is 1. The van der Waals surface area contributed by atoms with E-state index in [0.29, 0.717) is 18.6 Å². The fraction of sp³-hybridized carbons (Fsp3) is 0.917. The van der Waals surface area contributed by atoms with Gasteiger partial charge in [0.05, 0.1) is 12.7 Å². The highest BCUT2D eigenvalue weighted by Gasteiger charge is 2.32. The van der Waals surface area contributed by atoms with Crippen molar-refractivity contribution in [1.29, 1.82) is 5.26 Å². The van der Waals surface area contributed by atoms with E-state index in [0.717, 1.165) is 13.0 Å². The maximum Gasteiger partial charge on any atom is 0.127 e. The standard InChI is InChI=1S/C12H22N2O/c1-10(2)6-7-15-9-12(3,8-13)14-11-4-5-11/h10-11,14H,4-7,9H2,1-3H3. The molecule has 86 valence electrons. The number of rotatable bonds is 7. The van der Waals surface area contributed by atoms with Gasteiger partial charge in [0.25, 0.3) is 0 Å². The maximum absolute atomic E-state index is 9.08. The van der Waals surface area contributed by atoms with Crippen LogP contribution < -0.4 is 5.32 Å². The quantitative estimate of drug-likeness (QED) is 0.654. The lowest BCUT2D eigenvalue weighted by Crippen LogP contribution is -2.46. The molecule has 1 aliphatic rings. The van der Waals surface area contributed by atoms with E-state index in [1.807, 2.05) is 6.92 Å². The molecule has 3 heteroatoms. The van der Waals surface area contributed by atoms with Crippen LogP contribution in [-0.2, 0) is 4.74 Å². The number of nitrogens with zero attached hydrogens (tertiary/aromatic N) is 1. The molecular weight excluding hydrogens is 188 g/mol. The average Bonchev–Trinajstić information content (AvgIpc) is 2.96. The summed E-state index contributed by atoms with van der Waals surface area (Å²) in [4.78, 5) is 0. The molecule has 0 aromatic rings. The van der Waals surface area contributed by atoms with Gasteiger partial charge in [-0.1, -0.05) is 13.8 Å². The Morgan fingerprint density at radius 1 is 1.53 bits per heavy atom. The minimum Gasteiger partial charge on any atom is -0.378 e. The summed E-state index contributed by atoms with van der Waals surface area (Å²) in [5, 5.41) is 12.4. The second-order valence-corrected chi connectivity index (χ2v) is 5.10. The van der Waals surface area contributed by atoms with Crippen molar-refractivity contribution in [3.8, 4) is 6.07 Å². The fourth-order valence-corrected chi connectivity index (χ4v) is 1.38. The molecule has 0 heterocycles. The van der Waals surface area contributed by atoms with E-state index < -0.39 is 5.54 Å². The van der Waals surface area contributed by atoms with Crippen molar-refractivity contribution in [2.24, 2.45) is 5.92 Å². The van der Waals surface area contributed by atoms with Crippen LogP contribution in [0.3, 0.4) is 0 Å². The summed E-state index contributed by atoms with van der Waals surface area (Å²) in [6.07, 6.45) is 3.46. The first-order valence-corrected chi connectivity index (χ1v) is 5.82. The van der Waals surface area contributed by atoms with Gasteiger partial charge in [0.2, 0.25) is 0 Å². The average molecular weight is 210 g/mol. The zero-order valence-corrected chi connectivity index (χ0v) is 10.0. The third-order valence-electron chi connectivity index (χ3n) is 2.58. The third kappa shape index (κ3) is 5.15. The second kappa shape index (κ2) is 5.48. The van der Waals surface area contributed by atoms with Gasteiger partial charge < -0.3 is 4.74 Å². The van der Waals surface area contributed by atoms with E-state index in [-0.39, 0.29) is 0 Å². The Labute approximate surface area is 92.8 Å². The molecule has 1 atom stereocenters. The molecule has 0 aliphatic heterocycles. The van der Waals surface area contributed by atoms with Crippen LogP contribution in [0.15, 0.2) is 0 Å². The van der Waals surface area contributed by atoms with Crippen LogP contribution in [0.1, 0.15) is 40.0 Å². The highest BCUT2D eigenvalue weighted by Crippen LogP contribution is 2.22. The van der Waals surface area contributed by atoms with Crippen molar-refractivity contribution in [1.82, 2.24) is 5.32 Å².